The van der Waals surface area contributed by atoms with Crippen LogP contribution in [0.1, 0.15) is 16.9 Å². The summed E-state index contributed by atoms with van der Waals surface area (Å²) in [4.78, 5) is 24.1. The number of amides is 1. The highest BCUT2D eigenvalue weighted by atomic mass is 16.5. The van der Waals surface area contributed by atoms with Gasteiger partial charge in [0.1, 0.15) is 0 Å². The molecule has 6 nitrogen and oxygen atoms in total. The summed E-state index contributed by atoms with van der Waals surface area (Å²) in [5.74, 6) is -1.84. The maximum absolute atomic E-state index is 11.9. The maximum Gasteiger partial charge on any atom is 0.319 e. The van der Waals surface area contributed by atoms with E-state index in [-0.39, 0.29) is 12.2 Å². The molecule has 0 aromatic carbocycles. The van der Waals surface area contributed by atoms with Gasteiger partial charge in [-0.1, -0.05) is 0 Å². The molecule has 0 bridgehead atoms. The van der Waals surface area contributed by atoms with Crippen LogP contribution in [0.3, 0.4) is 0 Å². The summed E-state index contributed by atoms with van der Waals surface area (Å²) in [7, 11) is 0. The number of nitrogens with zero attached hydrogens (tertiary/aromatic N) is 2. The summed E-state index contributed by atoms with van der Waals surface area (Å²) in [5.41, 5.74) is 0.0264. The minimum atomic E-state index is -0.900. The Morgan fingerprint density at radius 1 is 1.47 bits per heavy atom. The highest BCUT2D eigenvalue weighted by Crippen LogP contribution is 2.17. The van der Waals surface area contributed by atoms with E-state index in [9.17, 15) is 14.8 Å². The fourth-order valence-corrected chi connectivity index (χ4v) is 1.90. The second-order valence-electron chi connectivity index (χ2n) is 3.99. The molecule has 2 rings (SSSR count). The van der Waals surface area contributed by atoms with Gasteiger partial charge in [0.15, 0.2) is 6.20 Å². The summed E-state index contributed by atoms with van der Waals surface area (Å²) in [6.07, 6.45) is 1.69. The average molecular weight is 236 g/mol. The van der Waals surface area contributed by atoms with Gasteiger partial charge in [-0.25, -0.2) is 0 Å². The molecule has 0 unspecified atom stereocenters. The van der Waals surface area contributed by atoms with E-state index in [1.807, 2.05) is 0 Å². The quantitative estimate of drug-likeness (QED) is 0.572. The molecule has 1 saturated heterocycles. The van der Waals surface area contributed by atoms with Gasteiger partial charge in [-0.15, -0.1) is 0 Å². The summed E-state index contributed by atoms with van der Waals surface area (Å²) in [6.45, 7) is 0.549. The van der Waals surface area contributed by atoms with E-state index in [2.05, 4.69) is 0 Å². The van der Waals surface area contributed by atoms with E-state index < -0.39 is 17.8 Å². The molecule has 17 heavy (non-hydrogen) atoms. The van der Waals surface area contributed by atoms with Gasteiger partial charge in [-0.05, 0) is 12.5 Å². The molecule has 2 heterocycles. The van der Waals surface area contributed by atoms with Crippen molar-refractivity contribution in [3.05, 3.63) is 35.3 Å². The van der Waals surface area contributed by atoms with Crippen molar-refractivity contribution in [1.29, 1.82) is 0 Å². The van der Waals surface area contributed by atoms with Gasteiger partial charge in [0.2, 0.25) is 0 Å². The van der Waals surface area contributed by atoms with Crippen LogP contribution in [0.4, 0.5) is 0 Å². The lowest BCUT2D eigenvalue weighted by molar-refractivity contribution is -0.608. The van der Waals surface area contributed by atoms with Crippen LogP contribution in [0.15, 0.2) is 24.4 Å². The minimum absolute atomic E-state index is 0.0264. The number of pyridine rings is 1. The number of aromatic nitrogens is 1. The molecule has 0 spiro atoms. The van der Waals surface area contributed by atoms with Crippen molar-refractivity contribution in [2.45, 2.75) is 6.42 Å². The van der Waals surface area contributed by atoms with Crippen molar-refractivity contribution in [2.75, 3.05) is 13.1 Å². The number of hydrogen-bond donors (Lipinski definition) is 1. The normalized spacial score (nSPS) is 19.3. The summed E-state index contributed by atoms with van der Waals surface area (Å²) < 4.78 is 0.496. The average Bonchev–Trinajstić information content (AvgIpc) is 2.78. The Morgan fingerprint density at radius 2 is 2.24 bits per heavy atom. The Balaban J connectivity index is 2.13. The van der Waals surface area contributed by atoms with E-state index in [4.69, 9.17) is 5.11 Å². The maximum atomic E-state index is 11.9. The highest BCUT2D eigenvalue weighted by molar-refractivity contribution is 5.91. The van der Waals surface area contributed by atoms with Crippen LogP contribution in [0.25, 0.3) is 0 Å². The van der Waals surface area contributed by atoms with Gasteiger partial charge >= 0.3 is 11.9 Å². The number of carboxylic acids is 1. The standard InChI is InChI=1S/C11H12N2O4/c14-10(9-3-1-2-5-13(9)17)12-6-4-8(7-12)11(15)16/h1-3,5,8H,4,6-7H2,(H,15,16)/t8-/m1/s1. The van der Waals surface area contributed by atoms with Crippen LogP contribution in [-0.4, -0.2) is 35.0 Å². The summed E-state index contributed by atoms with van der Waals surface area (Å²) >= 11 is 0. The van der Waals surface area contributed by atoms with E-state index in [1.54, 1.807) is 6.07 Å². The molecule has 1 aromatic heterocycles. The molecule has 1 fully saturated rings. The topological polar surface area (TPSA) is 84.5 Å². The van der Waals surface area contributed by atoms with Crippen molar-refractivity contribution < 1.29 is 19.4 Å². The SMILES string of the molecule is O=C(O)[C@@H]1CCN(C(=O)c2cccc[n+]2[O-])C1. The van der Waals surface area contributed by atoms with E-state index in [0.717, 1.165) is 0 Å². The van der Waals surface area contributed by atoms with Gasteiger partial charge in [0, 0.05) is 25.2 Å². The lowest BCUT2D eigenvalue weighted by atomic mass is 10.1. The molecule has 0 radical (unpaired) electrons. The Kier molecular flexibility index (Phi) is 2.95. The first kappa shape index (κ1) is 11.4. The summed E-state index contributed by atoms with van der Waals surface area (Å²) in [5, 5.41) is 20.2. The van der Waals surface area contributed by atoms with Crippen molar-refractivity contribution in [3.63, 3.8) is 0 Å². The first-order chi connectivity index (χ1) is 8.09. The molecule has 0 aliphatic carbocycles. The molecule has 1 aliphatic rings. The molecule has 6 heteroatoms. The lowest BCUT2D eigenvalue weighted by Crippen LogP contribution is -2.40. The number of hydrogen-bond acceptors (Lipinski definition) is 3. The first-order valence-electron chi connectivity index (χ1n) is 5.30. The third-order valence-corrected chi connectivity index (χ3v) is 2.87. The van der Waals surface area contributed by atoms with Crippen molar-refractivity contribution in [1.82, 2.24) is 4.90 Å². The van der Waals surface area contributed by atoms with Crippen molar-refractivity contribution >= 4 is 11.9 Å². The van der Waals surface area contributed by atoms with Crippen LogP contribution in [0.2, 0.25) is 0 Å². The second-order valence-corrected chi connectivity index (χ2v) is 3.99. The molecule has 1 amide bonds. The van der Waals surface area contributed by atoms with Crippen LogP contribution in [-0.2, 0) is 4.79 Å². The van der Waals surface area contributed by atoms with Gasteiger partial charge in [0.05, 0.1) is 5.92 Å². The van der Waals surface area contributed by atoms with Crippen LogP contribution < -0.4 is 4.73 Å². The monoisotopic (exact) mass is 236 g/mol. The van der Waals surface area contributed by atoms with Crippen LogP contribution in [0, 0.1) is 11.1 Å². The predicted molar refractivity (Wildman–Crippen MR) is 57.0 cm³/mol. The van der Waals surface area contributed by atoms with E-state index in [1.165, 1.54) is 23.2 Å². The Labute approximate surface area is 97.7 Å². The van der Waals surface area contributed by atoms with Crippen molar-refractivity contribution in [2.24, 2.45) is 5.92 Å². The fourth-order valence-electron chi connectivity index (χ4n) is 1.90. The number of carboxylic acid groups (broad SMARTS) is 1. The van der Waals surface area contributed by atoms with E-state index >= 15 is 0 Å². The Morgan fingerprint density at radius 3 is 2.82 bits per heavy atom. The molecular weight excluding hydrogens is 224 g/mol. The third kappa shape index (κ3) is 2.20. The van der Waals surface area contributed by atoms with Gasteiger partial charge in [-0.2, -0.15) is 4.73 Å². The zero-order chi connectivity index (χ0) is 12.4. The van der Waals surface area contributed by atoms with Crippen LogP contribution in [0.5, 0.6) is 0 Å². The second kappa shape index (κ2) is 4.40. The fraction of sp³-hybridized carbons (Fsp3) is 0.364. The molecule has 90 valence electrons. The molecule has 1 N–H and O–H groups in total. The van der Waals surface area contributed by atoms with E-state index in [0.29, 0.717) is 17.7 Å². The molecule has 0 saturated carbocycles. The Bertz CT molecular complexity index is 461. The van der Waals surface area contributed by atoms with Gasteiger partial charge in [-0.3, -0.25) is 9.59 Å². The molecule has 1 aliphatic heterocycles. The molecule has 1 atom stereocenters. The van der Waals surface area contributed by atoms with Crippen LogP contribution >= 0.6 is 0 Å². The number of rotatable bonds is 2. The zero-order valence-electron chi connectivity index (χ0n) is 9.07. The smallest absolute Gasteiger partial charge is 0.319 e. The Hall–Kier alpha value is -2.11. The predicted octanol–water partition coefficient (Wildman–Crippen LogP) is -0.133. The molecular formula is C11H12N2O4. The summed E-state index contributed by atoms with van der Waals surface area (Å²) in [6, 6.07) is 4.57. The highest BCUT2D eigenvalue weighted by Gasteiger charge is 2.33. The van der Waals surface area contributed by atoms with Gasteiger partial charge in [0.25, 0.3) is 5.69 Å². The number of aliphatic carboxylic acids is 1. The zero-order valence-corrected chi connectivity index (χ0v) is 9.07. The largest absolute Gasteiger partial charge is 0.618 e. The third-order valence-electron chi connectivity index (χ3n) is 2.87. The lowest BCUT2D eigenvalue weighted by Gasteiger charge is -2.14. The minimum Gasteiger partial charge on any atom is -0.618 e. The number of likely N-dealkylation sites (tertiary alicyclic amines) is 1. The van der Waals surface area contributed by atoms with Crippen molar-refractivity contribution in [3.8, 4) is 0 Å². The van der Waals surface area contributed by atoms with Gasteiger partial charge < -0.3 is 15.2 Å². The molecule has 1 aromatic rings. The number of carbonyl (C=O) groups is 2. The number of carbonyl (C=O) groups excluding carboxylic acids is 1. The first-order valence-corrected chi connectivity index (χ1v) is 5.30.